The summed E-state index contributed by atoms with van der Waals surface area (Å²) in [6.07, 6.45) is 6.54. The molecule has 1 aromatic rings. The third-order valence-corrected chi connectivity index (χ3v) is 4.99. The first-order valence-corrected chi connectivity index (χ1v) is 7.93. The Morgan fingerprint density at radius 1 is 1.25 bits per heavy atom. The van der Waals surface area contributed by atoms with Crippen LogP contribution in [0.5, 0.6) is 0 Å². The third-order valence-electron chi connectivity index (χ3n) is 4.99. The fourth-order valence-corrected chi connectivity index (χ4v) is 4.00. The molecule has 1 fully saturated rings. The van der Waals surface area contributed by atoms with Gasteiger partial charge in [-0.25, -0.2) is 0 Å². The summed E-state index contributed by atoms with van der Waals surface area (Å²) in [7, 11) is 1.86. The average molecular weight is 274 g/mol. The molecule has 3 atom stereocenters. The number of hydrogen-bond donors (Lipinski definition) is 1. The minimum absolute atomic E-state index is 0.383. The second kappa shape index (κ2) is 6.15. The summed E-state index contributed by atoms with van der Waals surface area (Å²) < 4.78 is 5.76. The van der Waals surface area contributed by atoms with E-state index in [1.807, 2.05) is 7.11 Å². The number of anilines is 1. The molecule has 0 bridgehead atoms. The smallest absolute Gasteiger partial charge is 0.0774 e. The van der Waals surface area contributed by atoms with Crippen LogP contribution >= 0.6 is 0 Å². The molecule has 2 N–H and O–H groups in total. The van der Waals surface area contributed by atoms with Gasteiger partial charge in [0.2, 0.25) is 0 Å². The molecular weight excluding hydrogens is 248 g/mol. The molecule has 1 saturated carbocycles. The first-order chi connectivity index (χ1) is 9.85. The molecule has 2 aliphatic rings. The molecule has 1 aromatic carbocycles. The Morgan fingerprint density at radius 2 is 2.05 bits per heavy atom. The zero-order valence-corrected chi connectivity index (χ0v) is 12.4. The molecular formula is C17H26N2O. The zero-order chi connectivity index (χ0) is 13.9. The van der Waals surface area contributed by atoms with Gasteiger partial charge in [0.1, 0.15) is 0 Å². The van der Waals surface area contributed by atoms with E-state index in [1.165, 1.54) is 36.9 Å². The van der Waals surface area contributed by atoms with Gasteiger partial charge in [0.05, 0.1) is 12.1 Å². The van der Waals surface area contributed by atoms with E-state index in [4.69, 9.17) is 10.5 Å². The maximum atomic E-state index is 5.80. The van der Waals surface area contributed by atoms with Crippen molar-refractivity contribution in [2.45, 2.75) is 50.2 Å². The summed E-state index contributed by atoms with van der Waals surface area (Å²) in [4.78, 5) is 2.60. The highest BCUT2D eigenvalue weighted by atomic mass is 16.5. The molecule has 1 heterocycles. The molecule has 0 aromatic heterocycles. The minimum Gasteiger partial charge on any atom is -0.379 e. The summed E-state index contributed by atoms with van der Waals surface area (Å²) in [6, 6.07) is 9.40. The van der Waals surface area contributed by atoms with Crippen molar-refractivity contribution in [2.24, 2.45) is 5.73 Å². The molecule has 110 valence electrons. The quantitative estimate of drug-likeness (QED) is 0.917. The number of ether oxygens (including phenoxy) is 1. The Kier molecular flexibility index (Phi) is 4.27. The number of benzene rings is 1. The van der Waals surface area contributed by atoms with Gasteiger partial charge in [-0.05, 0) is 37.4 Å². The van der Waals surface area contributed by atoms with Crippen LogP contribution in [-0.4, -0.2) is 32.3 Å². The van der Waals surface area contributed by atoms with Crippen molar-refractivity contribution < 1.29 is 4.74 Å². The van der Waals surface area contributed by atoms with Crippen molar-refractivity contribution >= 4 is 5.69 Å². The van der Waals surface area contributed by atoms with Crippen LogP contribution in [0.3, 0.4) is 0 Å². The summed E-state index contributed by atoms with van der Waals surface area (Å²) >= 11 is 0. The lowest BCUT2D eigenvalue weighted by molar-refractivity contribution is 0.0517. The van der Waals surface area contributed by atoms with Crippen molar-refractivity contribution in [3.8, 4) is 0 Å². The topological polar surface area (TPSA) is 38.5 Å². The van der Waals surface area contributed by atoms with Crippen LogP contribution in [0.1, 0.15) is 43.6 Å². The average Bonchev–Trinajstić information content (AvgIpc) is 2.87. The second-order valence-corrected chi connectivity index (χ2v) is 6.11. The first-order valence-electron chi connectivity index (χ1n) is 7.93. The summed E-state index contributed by atoms with van der Waals surface area (Å²) in [5, 5.41) is 0. The molecule has 0 saturated heterocycles. The molecule has 1 aliphatic heterocycles. The number of methoxy groups -OCH3 is 1. The van der Waals surface area contributed by atoms with Gasteiger partial charge in [-0.1, -0.05) is 31.0 Å². The molecule has 1 aliphatic carbocycles. The highest BCUT2D eigenvalue weighted by Gasteiger charge is 2.36. The number of hydrogen-bond acceptors (Lipinski definition) is 3. The Hall–Kier alpha value is -1.06. The highest BCUT2D eigenvalue weighted by molar-refractivity contribution is 5.61. The molecule has 0 spiro atoms. The van der Waals surface area contributed by atoms with Crippen LogP contribution in [0.25, 0.3) is 0 Å². The van der Waals surface area contributed by atoms with Gasteiger partial charge in [-0.15, -0.1) is 0 Å². The fraction of sp³-hybridized carbons (Fsp3) is 0.647. The second-order valence-electron chi connectivity index (χ2n) is 6.11. The van der Waals surface area contributed by atoms with Crippen molar-refractivity contribution in [3.63, 3.8) is 0 Å². The fourth-order valence-electron chi connectivity index (χ4n) is 4.00. The standard InChI is InChI=1S/C17H26N2O/c1-20-17-9-5-4-8-16(17)19-12-13(10-11-18)14-6-2-3-7-15(14)19/h2-3,6-7,13,16-17H,4-5,8-12,18H2,1H3. The number of fused-ring (bicyclic) bond motifs is 1. The van der Waals surface area contributed by atoms with Crippen LogP contribution in [0.2, 0.25) is 0 Å². The summed E-state index contributed by atoms with van der Waals surface area (Å²) in [5.41, 5.74) is 8.70. The molecule has 0 radical (unpaired) electrons. The maximum absolute atomic E-state index is 5.80. The highest BCUT2D eigenvalue weighted by Crippen LogP contribution is 2.41. The Labute approximate surface area is 122 Å². The van der Waals surface area contributed by atoms with Crippen molar-refractivity contribution in [1.29, 1.82) is 0 Å². The molecule has 0 amide bonds. The van der Waals surface area contributed by atoms with Crippen LogP contribution in [-0.2, 0) is 4.74 Å². The predicted octanol–water partition coefficient (Wildman–Crippen LogP) is 2.90. The summed E-state index contributed by atoms with van der Waals surface area (Å²) in [5.74, 6) is 0.593. The van der Waals surface area contributed by atoms with E-state index in [9.17, 15) is 0 Å². The van der Waals surface area contributed by atoms with Crippen LogP contribution in [0.15, 0.2) is 24.3 Å². The normalized spacial score (nSPS) is 29.5. The Morgan fingerprint density at radius 3 is 2.85 bits per heavy atom. The van der Waals surface area contributed by atoms with Crippen molar-refractivity contribution in [1.82, 2.24) is 0 Å². The van der Waals surface area contributed by atoms with Crippen LogP contribution in [0.4, 0.5) is 5.69 Å². The van der Waals surface area contributed by atoms with Crippen molar-refractivity contribution in [2.75, 3.05) is 25.1 Å². The first kappa shape index (κ1) is 13.9. The third kappa shape index (κ3) is 2.45. The lowest BCUT2D eigenvalue weighted by atomic mass is 9.91. The van der Waals surface area contributed by atoms with Crippen LogP contribution < -0.4 is 10.6 Å². The van der Waals surface area contributed by atoms with E-state index in [1.54, 1.807) is 0 Å². The number of nitrogens with two attached hydrogens (primary N) is 1. The van der Waals surface area contributed by atoms with E-state index in [-0.39, 0.29) is 0 Å². The van der Waals surface area contributed by atoms with Gasteiger partial charge in [0, 0.05) is 25.3 Å². The van der Waals surface area contributed by atoms with Gasteiger partial charge < -0.3 is 15.4 Å². The monoisotopic (exact) mass is 274 g/mol. The van der Waals surface area contributed by atoms with Gasteiger partial charge in [0.25, 0.3) is 0 Å². The molecule has 3 unspecified atom stereocenters. The molecule has 20 heavy (non-hydrogen) atoms. The van der Waals surface area contributed by atoms with E-state index in [0.29, 0.717) is 18.1 Å². The van der Waals surface area contributed by atoms with E-state index >= 15 is 0 Å². The molecule has 3 heteroatoms. The Bertz CT molecular complexity index is 448. The van der Waals surface area contributed by atoms with Gasteiger partial charge in [0.15, 0.2) is 0 Å². The van der Waals surface area contributed by atoms with E-state index in [0.717, 1.165) is 19.5 Å². The largest absolute Gasteiger partial charge is 0.379 e. The van der Waals surface area contributed by atoms with E-state index < -0.39 is 0 Å². The maximum Gasteiger partial charge on any atom is 0.0774 e. The SMILES string of the molecule is COC1CCCCC1N1CC(CCN)c2ccccc21. The van der Waals surface area contributed by atoms with Crippen molar-refractivity contribution in [3.05, 3.63) is 29.8 Å². The molecule has 3 nitrogen and oxygen atoms in total. The van der Waals surface area contributed by atoms with Crippen LogP contribution in [0, 0.1) is 0 Å². The Balaban J connectivity index is 1.87. The molecule has 3 rings (SSSR count). The lowest BCUT2D eigenvalue weighted by Crippen LogP contribution is -2.46. The number of para-hydroxylation sites is 1. The minimum atomic E-state index is 0.383. The van der Waals surface area contributed by atoms with Gasteiger partial charge in [-0.2, -0.15) is 0 Å². The number of rotatable bonds is 4. The number of nitrogens with zero attached hydrogens (tertiary/aromatic N) is 1. The van der Waals surface area contributed by atoms with Gasteiger partial charge in [-0.3, -0.25) is 0 Å². The predicted molar refractivity (Wildman–Crippen MR) is 83.3 cm³/mol. The van der Waals surface area contributed by atoms with E-state index in [2.05, 4.69) is 29.2 Å². The lowest BCUT2D eigenvalue weighted by Gasteiger charge is -2.39. The zero-order valence-electron chi connectivity index (χ0n) is 12.4. The summed E-state index contributed by atoms with van der Waals surface area (Å²) in [6.45, 7) is 1.88. The van der Waals surface area contributed by atoms with Gasteiger partial charge >= 0.3 is 0 Å².